The summed E-state index contributed by atoms with van der Waals surface area (Å²) >= 11 is 1.65. The van der Waals surface area contributed by atoms with Crippen LogP contribution in [-0.4, -0.2) is 55.4 Å². The third kappa shape index (κ3) is 4.94. The lowest BCUT2D eigenvalue weighted by Gasteiger charge is -2.34. The third-order valence-corrected chi connectivity index (χ3v) is 7.52. The quantitative estimate of drug-likeness (QED) is 0.620. The van der Waals surface area contributed by atoms with Crippen LogP contribution in [0.4, 0.5) is 0 Å². The van der Waals surface area contributed by atoms with Gasteiger partial charge in [-0.25, -0.2) is 8.42 Å². The molecule has 1 aromatic carbocycles. The molecule has 0 N–H and O–H groups in total. The number of hydrogen-bond donors (Lipinski definition) is 0. The van der Waals surface area contributed by atoms with Gasteiger partial charge in [0.1, 0.15) is 5.75 Å². The molecule has 2 aliphatic rings. The van der Waals surface area contributed by atoms with E-state index in [1.54, 1.807) is 46.6 Å². The summed E-state index contributed by atoms with van der Waals surface area (Å²) in [6.07, 6.45) is 5.88. The highest BCUT2D eigenvalue weighted by atomic mass is 32.2. The van der Waals surface area contributed by atoms with Gasteiger partial charge in [-0.05, 0) is 48.2 Å². The first-order valence-electron chi connectivity index (χ1n) is 10.3. The van der Waals surface area contributed by atoms with Gasteiger partial charge in [-0.2, -0.15) is 0 Å². The van der Waals surface area contributed by atoms with Gasteiger partial charge in [0.2, 0.25) is 0 Å². The zero-order valence-electron chi connectivity index (χ0n) is 18.0. The summed E-state index contributed by atoms with van der Waals surface area (Å²) in [5.41, 5.74) is 1.25. The highest BCUT2D eigenvalue weighted by molar-refractivity contribution is 7.90. The Kier molecular flexibility index (Phi) is 6.48. The Balaban J connectivity index is 1.66. The van der Waals surface area contributed by atoms with Crippen LogP contribution in [0.5, 0.6) is 5.75 Å². The minimum absolute atomic E-state index is 0.0628. The average Bonchev–Trinajstić information content (AvgIpc) is 3.29. The second-order valence-corrected chi connectivity index (χ2v) is 10.5. The van der Waals surface area contributed by atoms with E-state index in [9.17, 15) is 13.2 Å². The number of methoxy groups -OCH3 is 1. The maximum Gasteiger partial charge on any atom is 0.258 e. The number of carbonyl (C=O) groups is 1. The molecule has 0 fully saturated rings. The van der Waals surface area contributed by atoms with E-state index in [1.807, 2.05) is 42.6 Å². The van der Waals surface area contributed by atoms with Crippen LogP contribution in [0.15, 0.2) is 70.1 Å². The molecule has 0 spiro atoms. The molecule has 1 amide bonds. The first-order chi connectivity index (χ1) is 15.4. The molecule has 4 rings (SSSR count). The van der Waals surface area contributed by atoms with Crippen LogP contribution in [0, 0.1) is 0 Å². The van der Waals surface area contributed by atoms with Crippen molar-refractivity contribution in [3.63, 3.8) is 0 Å². The molecular weight excluding hydrogens is 446 g/mol. The molecule has 1 atom stereocenters. The summed E-state index contributed by atoms with van der Waals surface area (Å²) in [7, 11) is -1.97. The lowest BCUT2D eigenvalue weighted by atomic mass is 10.1. The normalized spacial score (nSPS) is 17.8. The molecular formula is C23H25N3O4S2. The molecule has 3 heterocycles. The van der Waals surface area contributed by atoms with Gasteiger partial charge in [-0.15, -0.1) is 15.7 Å². The Morgan fingerprint density at radius 2 is 2.06 bits per heavy atom. The monoisotopic (exact) mass is 471 g/mol. The van der Waals surface area contributed by atoms with Crippen molar-refractivity contribution in [2.24, 2.45) is 4.40 Å². The second kappa shape index (κ2) is 9.30. The van der Waals surface area contributed by atoms with E-state index in [2.05, 4.69) is 10.5 Å². The van der Waals surface area contributed by atoms with Gasteiger partial charge in [0, 0.05) is 36.6 Å². The fourth-order valence-corrected chi connectivity index (χ4v) is 5.54. The number of allylic oxidation sites excluding steroid dienone is 2. The number of rotatable bonds is 7. The molecule has 2 aliphatic heterocycles. The number of ether oxygens (including phenoxy) is 1. The maximum atomic E-state index is 13.8. The summed E-state index contributed by atoms with van der Waals surface area (Å²) in [6.45, 7) is 2.68. The Hall–Kier alpha value is -2.91. The van der Waals surface area contributed by atoms with Gasteiger partial charge in [-0.1, -0.05) is 18.2 Å². The van der Waals surface area contributed by atoms with E-state index in [4.69, 9.17) is 4.74 Å². The second-order valence-electron chi connectivity index (χ2n) is 7.73. The van der Waals surface area contributed by atoms with Crippen LogP contribution < -0.4 is 4.74 Å². The maximum absolute atomic E-state index is 13.8. The van der Waals surface area contributed by atoms with Gasteiger partial charge in [-0.3, -0.25) is 4.79 Å². The molecule has 0 saturated heterocycles. The lowest BCUT2D eigenvalue weighted by molar-refractivity contribution is -0.129. The fourth-order valence-electron chi connectivity index (χ4n) is 3.72. The predicted molar refractivity (Wildman–Crippen MR) is 126 cm³/mol. The van der Waals surface area contributed by atoms with Crippen molar-refractivity contribution in [3.05, 3.63) is 76.1 Å². The van der Waals surface area contributed by atoms with Crippen molar-refractivity contribution < 1.29 is 17.9 Å². The summed E-state index contributed by atoms with van der Waals surface area (Å²) < 4.78 is 33.4. The van der Waals surface area contributed by atoms with Crippen LogP contribution in [0.1, 0.15) is 17.4 Å². The number of hydrogen-bond acceptors (Lipinski definition) is 6. The summed E-state index contributed by atoms with van der Waals surface area (Å²) in [4.78, 5) is 18.5. The van der Waals surface area contributed by atoms with Gasteiger partial charge >= 0.3 is 0 Å². The number of sulfonamides is 1. The first kappa shape index (κ1) is 22.3. The summed E-state index contributed by atoms with van der Waals surface area (Å²) in [5, 5.41) is 2.02. The highest BCUT2D eigenvalue weighted by Gasteiger charge is 2.33. The number of thiophene rings is 1. The van der Waals surface area contributed by atoms with Crippen molar-refractivity contribution in [2.75, 3.05) is 19.4 Å². The summed E-state index contributed by atoms with van der Waals surface area (Å²) in [6, 6.07) is 11.5. The SMILES string of the molecule is COc1ccc(CN(C(=O)C2=CC=CN3CCS(=O)(=O)N=C23)C(C)Cc2cccs2)cc1. The predicted octanol–water partition coefficient (Wildman–Crippen LogP) is 3.21. The van der Waals surface area contributed by atoms with E-state index in [0.29, 0.717) is 18.5 Å². The molecule has 168 valence electrons. The summed E-state index contributed by atoms with van der Waals surface area (Å²) in [5.74, 6) is 0.643. The van der Waals surface area contributed by atoms with Gasteiger partial charge in [0.25, 0.3) is 15.9 Å². The van der Waals surface area contributed by atoms with Gasteiger partial charge < -0.3 is 14.5 Å². The van der Waals surface area contributed by atoms with Crippen LogP contribution in [0.2, 0.25) is 0 Å². The Morgan fingerprint density at radius 1 is 1.28 bits per heavy atom. The smallest absolute Gasteiger partial charge is 0.258 e. The van der Waals surface area contributed by atoms with E-state index < -0.39 is 10.0 Å². The Morgan fingerprint density at radius 3 is 2.75 bits per heavy atom. The zero-order chi connectivity index (χ0) is 22.7. The van der Waals surface area contributed by atoms with Crippen molar-refractivity contribution in [1.29, 1.82) is 0 Å². The number of benzene rings is 1. The largest absolute Gasteiger partial charge is 0.497 e. The number of amidine groups is 1. The average molecular weight is 472 g/mol. The molecule has 9 heteroatoms. The molecule has 0 aliphatic carbocycles. The molecule has 0 radical (unpaired) electrons. The van der Waals surface area contributed by atoms with Gasteiger partial charge in [0.15, 0.2) is 5.84 Å². The van der Waals surface area contributed by atoms with E-state index in [0.717, 1.165) is 11.3 Å². The van der Waals surface area contributed by atoms with Crippen LogP contribution >= 0.6 is 11.3 Å². The number of carbonyl (C=O) groups excluding carboxylic acids is 1. The van der Waals surface area contributed by atoms with Crippen molar-refractivity contribution >= 4 is 33.1 Å². The molecule has 1 unspecified atom stereocenters. The first-order valence-corrected chi connectivity index (χ1v) is 12.8. The molecule has 7 nitrogen and oxygen atoms in total. The number of fused-ring (bicyclic) bond motifs is 1. The molecule has 0 saturated carbocycles. The zero-order valence-corrected chi connectivity index (χ0v) is 19.6. The fraction of sp³-hybridized carbons (Fsp3) is 0.304. The van der Waals surface area contributed by atoms with Crippen molar-refractivity contribution in [3.8, 4) is 5.75 Å². The minimum atomic E-state index is -3.58. The van der Waals surface area contributed by atoms with E-state index in [-0.39, 0.29) is 30.1 Å². The lowest BCUT2D eigenvalue weighted by Crippen LogP contribution is -2.46. The molecule has 2 aromatic rings. The number of nitrogens with zero attached hydrogens (tertiary/aromatic N) is 3. The van der Waals surface area contributed by atoms with Gasteiger partial charge in [0.05, 0.1) is 18.4 Å². The Labute approximate surface area is 192 Å². The molecule has 1 aromatic heterocycles. The van der Waals surface area contributed by atoms with Crippen LogP contribution in [0.3, 0.4) is 0 Å². The highest BCUT2D eigenvalue weighted by Crippen LogP contribution is 2.24. The number of amides is 1. The topological polar surface area (TPSA) is 79.3 Å². The van der Waals surface area contributed by atoms with Crippen molar-refractivity contribution in [2.45, 2.75) is 25.9 Å². The standard InChI is InChI=1S/C23H25N3O4S2/c1-17(15-20-5-4-13-31-20)26(16-18-7-9-19(30-2)10-8-18)23(27)21-6-3-11-25-12-14-32(28,29)24-22(21)25/h3-11,13,17H,12,14-16H2,1-2H3. The van der Waals surface area contributed by atoms with Crippen LogP contribution in [-0.2, 0) is 27.8 Å². The van der Waals surface area contributed by atoms with Crippen molar-refractivity contribution in [1.82, 2.24) is 9.80 Å². The van der Waals surface area contributed by atoms with Crippen LogP contribution in [0.25, 0.3) is 0 Å². The third-order valence-electron chi connectivity index (χ3n) is 5.47. The molecule has 0 bridgehead atoms. The minimum Gasteiger partial charge on any atom is -0.497 e. The van der Waals surface area contributed by atoms with E-state index in [1.165, 1.54) is 4.88 Å². The Bertz CT molecular complexity index is 1170. The molecule has 32 heavy (non-hydrogen) atoms. The van der Waals surface area contributed by atoms with E-state index >= 15 is 0 Å².